The smallest absolute Gasteiger partial charge is 0.242 e. The van der Waals surface area contributed by atoms with Crippen molar-refractivity contribution in [3.8, 4) is 0 Å². The minimum absolute atomic E-state index is 0.110. The summed E-state index contributed by atoms with van der Waals surface area (Å²) in [4.78, 5) is 12.7. The van der Waals surface area contributed by atoms with E-state index in [4.69, 9.17) is 0 Å². The number of benzene rings is 2. The first-order valence-corrected chi connectivity index (χ1v) is 10.6. The fourth-order valence-corrected chi connectivity index (χ4v) is 4.01. The number of para-hydroxylation sites is 1. The van der Waals surface area contributed by atoms with Crippen molar-refractivity contribution in [3.05, 3.63) is 58.1 Å². The molecular formula is C19H23BrN2O3S. The molecule has 0 saturated carbocycles. The Labute approximate surface area is 163 Å². The summed E-state index contributed by atoms with van der Waals surface area (Å²) in [5, 5.41) is 2.87. The van der Waals surface area contributed by atoms with Crippen LogP contribution in [-0.2, 0) is 14.8 Å². The van der Waals surface area contributed by atoms with Crippen LogP contribution >= 0.6 is 15.9 Å². The molecule has 0 aliphatic heterocycles. The molecular weight excluding hydrogens is 416 g/mol. The van der Waals surface area contributed by atoms with E-state index in [2.05, 4.69) is 26.0 Å². The normalized spacial score (nSPS) is 12.8. The molecule has 0 spiro atoms. The first-order chi connectivity index (χ1) is 12.1. The molecule has 2 rings (SSSR count). The maximum Gasteiger partial charge on any atom is 0.242 e. The van der Waals surface area contributed by atoms with Gasteiger partial charge in [0.05, 0.1) is 10.9 Å². The van der Waals surface area contributed by atoms with E-state index >= 15 is 0 Å². The lowest BCUT2D eigenvalue weighted by molar-refractivity contribution is -0.117. The number of aryl methyl sites for hydroxylation is 1. The van der Waals surface area contributed by atoms with Crippen molar-refractivity contribution in [1.29, 1.82) is 0 Å². The summed E-state index contributed by atoms with van der Waals surface area (Å²) in [5.74, 6) is -0.165. The Morgan fingerprint density at radius 2 is 1.65 bits per heavy atom. The van der Waals surface area contributed by atoms with E-state index < -0.39 is 22.0 Å². The first kappa shape index (κ1) is 20.6. The Morgan fingerprint density at radius 3 is 2.23 bits per heavy atom. The van der Waals surface area contributed by atoms with Crippen LogP contribution < -0.4 is 10.0 Å². The Morgan fingerprint density at radius 1 is 1.04 bits per heavy atom. The van der Waals surface area contributed by atoms with Crippen molar-refractivity contribution in [2.24, 2.45) is 0 Å². The van der Waals surface area contributed by atoms with Gasteiger partial charge in [-0.3, -0.25) is 4.79 Å². The van der Waals surface area contributed by atoms with Crippen molar-refractivity contribution in [2.45, 2.75) is 44.6 Å². The lowest BCUT2D eigenvalue weighted by Gasteiger charge is -2.19. The van der Waals surface area contributed by atoms with Gasteiger partial charge in [-0.15, -0.1) is 0 Å². The predicted octanol–water partition coefficient (Wildman–Crippen LogP) is 4.19. The Hall–Kier alpha value is -1.70. The minimum Gasteiger partial charge on any atom is -0.324 e. The van der Waals surface area contributed by atoms with Gasteiger partial charge >= 0.3 is 0 Å². The third kappa shape index (κ3) is 4.93. The van der Waals surface area contributed by atoms with Gasteiger partial charge in [0, 0.05) is 10.2 Å². The zero-order valence-corrected chi connectivity index (χ0v) is 17.6. The molecule has 5 nitrogen and oxygen atoms in total. The third-order valence-corrected chi connectivity index (χ3v) is 6.11. The zero-order valence-electron chi connectivity index (χ0n) is 15.2. The molecule has 2 aromatic rings. The van der Waals surface area contributed by atoms with Crippen molar-refractivity contribution < 1.29 is 13.2 Å². The van der Waals surface area contributed by atoms with Gasteiger partial charge in [-0.25, -0.2) is 8.42 Å². The molecule has 2 N–H and O–H groups in total. The number of halogens is 1. The fraction of sp³-hybridized carbons (Fsp3) is 0.316. The molecule has 140 valence electrons. The van der Waals surface area contributed by atoms with Gasteiger partial charge in [-0.05, 0) is 55.2 Å². The number of nitrogens with one attached hydrogen (secondary N) is 2. The molecule has 0 aliphatic carbocycles. The maximum atomic E-state index is 12.6. The second-order valence-electron chi connectivity index (χ2n) is 6.48. The largest absolute Gasteiger partial charge is 0.324 e. The highest BCUT2D eigenvalue weighted by Crippen LogP contribution is 2.27. The minimum atomic E-state index is -3.78. The molecule has 2 aromatic carbocycles. The van der Waals surface area contributed by atoms with E-state index in [-0.39, 0.29) is 10.8 Å². The molecule has 0 aromatic heterocycles. The van der Waals surface area contributed by atoms with E-state index in [1.165, 1.54) is 19.1 Å². The molecule has 0 heterocycles. The number of carbonyl (C=O) groups is 1. The number of hydrogen-bond donors (Lipinski definition) is 2. The number of hydrogen-bond acceptors (Lipinski definition) is 3. The van der Waals surface area contributed by atoms with Gasteiger partial charge in [0.15, 0.2) is 0 Å². The van der Waals surface area contributed by atoms with Gasteiger partial charge in [0.25, 0.3) is 0 Å². The summed E-state index contributed by atoms with van der Waals surface area (Å²) >= 11 is 3.27. The number of amides is 1. The van der Waals surface area contributed by atoms with E-state index in [1.54, 1.807) is 12.1 Å². The van der Waals surface area contributed by atoms with Crippen LogP contribution in [0.4, 0.5) is 5.69 Å². The number of carbonyl (C=O) groups excluding carboxylic acids is 1. The molecule has 1 amide bonds. The van der Waals surface area contributed by atoms with Gasteiger partial charge in [0.1, 0.15) is 0 Å². The van der Waals surface area contributed by atoms with Crippen LogP contribution in [0.5, 0.6) is 0 Å². The molecule has 7 heteroatoms. The highest BCUT2D eigenvalue weighted by atomic mass is 79.9. The SMILES string of the molecule is Cc1cccc(C(C)C)c1NC(=O)[C@H](C)NS(=O)(=O)c1ccc(Br)cc1. The van der Waals surface area contributed by atoms with E-state index in [9.17, 15) is 13.2 Å². The average Bonchev–Trinajstić information content (AvgIpc) is 2.56. The molecule has 26 heavy (non-hydrogen) atoms. The summed E-state index contributed by atoms with van der Waals surface area (Å²) in [6.45, 7) is 7.53. The second kappa shape index (κ2) is 8.33. The Bertz CT molecular complexity index is 894. The molecule has 0 unspecified atom stereocenters. The lowest BCUT2D eigenvalue weighted by atomic mass is 9.98. The molecule has 0 aliphatic rings. The molecule has 0 saturated heterocycles. The summed E-state index contributed by atoms with van der Waals surface area (Å²) in [6, 6.07) is 11.2. The Balaban J connectivity index is 2.17. The monoisotopic (exact) mass is 438 g/mol. The van der Waals surface area contributed by atoms with Crippen LogP contribution in [0.15, 0.2) is 51.8 Å². The van der Waals surface area contributed by atoms with Gasteiger partial charge in [-0.1, -0.05) is 48.0 Å². The third-order valence-electron chi connectivity index (χ3n) is 4.02. The van der Waals surface area contributed by atoms with Crippen LogP contribution in [0, 0.1) is 6.92 Å². The topological polar surface area (TPSA) is 75.3 Å². The highest BCUT2D eigenvalue weighted by Gasteiger charge is 2.23. The second-order valence-corrected chi connectivity index (χ2v) is 9.11. The molecule has 0 bridgehead atoms. The van der Waals surface area contributed by atoms with E-state index in [0.29, 0.717) is 0 Å². The zero-order chi connectivity index (χ0) is 19.5. The predicted molar refractivity (Wildman–Crippen MR) is 108 cm³/mol. The van der Waals surface area contributed by atoms with Gasteiger partial charge in [0.2, 0.25) is 15.9 Å². The van der Waals surface area contributed by atoms with E-state index in [1.807, 2.05) is 39.0 Å². The number of rotatable bonds is 6. The summed E-state index contributed by atoms with van der Waals surface area (Å²) < 4.78 is 28.1. The standard InChI is InChI=1S/C19H23BrN2O3S/c1-12(2)17-7-5-6-13(3)18(17)21-19(23)14(4)22-26(24,25)16-10-8-15(20)9-11-16/h5-12,14,22H,1-4H3,(H,21,23)/t14-/m0/s1. The van der Waals surface area contributed by atoms with Crippen LogP contribution in [0.25, 0.3) is 0 Å². The van der Waals surface area contributed by atoms with Crippen LogP contribution in [0.2, 0.25) is 0 Å². The van der Waals surface area contributed by atoms with Crippen LogP contribution in [-0.4, -0.2) is 20.4 Å². The quantitative estimate of drug-likeness (QED) is 0.709. The summed E-state index contributed by atoms with van der Waals surface area (Å²) in [5.41, 5.74) is 2.69. The van der Waals surface area contributed by atoms with Crippen molar-refractivity contribution in [1.82, 2.24) is 4.72 Å². The number of sulfonamides is 1. The van der Waals surface area contributed by atoms with Crippen LogP contribution in [0.1, 0.15) is 37.8 Å². The first-order valence-electron chi connectivity index (χ1n) is 8.30. The average molecular weight is 439 g/mol. The van der Waals surface area contributed by atoms with Crippen molar-refractivity contribution in [2.75, 3.05) is 5.32 Å². The van der Waals surface area contributed by atoms with Gasteiger partial charge < -0.3 is 5.32 Å². The lowest BCUT2D eigenvalue weighted by Crippen LogP contribution is -2.41. The maximum absolute atomic E-state index is 12.6. The van der Waals surface area contributed by atoms with Crippen LogP contribution in [0.3, 0.4) is 0 Å². The molecule has 1 atom stereocenters. The number of anilines is 1. The van der Waals surface area contributed by atoms with Crippen molar-refractivity contribution >= 4 is 37.5 Å². The summed E-state index contributed by atoms with van der Waals surface area (Å²) in [7, 11) is -3.78. The van der Waals surface area contributed by atoms with Crippen molar-refractivity contribution in [3.63, 3.8) is 0 Å². The highest BCUT2D eigenvalue weighted by molar-refractivity contribution is 9.10. The fourth-order valence-electron chi connectivity index (χ4n) is 2.54. The van der Waals surface area contributed by atoms with E-state index in [0.717, 1.165) is 21.3 Å². The van der Waals surface area contributed by atoms with Gasteiger partial charge in [-0.2, -0.15) is 4.72 Å². The molecule has 0 radical (unpaired) electrons. The Kier molecular flexibility index (Phi) is 6.60. The molecule has 0 fully saturated rings. The summed E-state index contributed by atoms with van der Waals surface area (Å²) in [6.07, 6.45) is 0.